The number of nitrogens with one attached hydrogen (secondary N) is 2. The summed E-state index contributed by atoms with van der Waals surface area (Å²) in [7, 11) is 0. The van der Waals surface area contributed by atoms with Gasteiger partial charge in [0.25, 0.3) is 0 Å². The molecule has 16 heavy (non-hydrogen) atoms. The minimum Gasteiger partial charge on any atom is -0.479 e. The molecule has 0 spiro atoms. The van der Waals surface area contributed by atoms with E-state index in [1.54, 1.807) is 0 Å². The highest BCUT2D eigenvalue weighted by Crippen LogP contribution is 2.30. The van der Waals surface area contributed by atoms with E-state index in [-0.39, 0.29) is 13.1 Å². The summed E-state index contributed by atoms with van der Waals surface area (Å²) in [5.41, 5.74) is 1.68. The van der Waals surface area contributed by atoms with Crippen LogP contribution in [0, 0.1) is 0 Å². The van der Waals surface area contributed by atoms with E-state index in [1.165, 1.54) is 5.32 Å². The maximum atomic E-state index is 12.4. The van der Waals surface area contributed by atoms with Crippen molar-refractivity contribution in [3.8, 4) is 0 Å². The number of halogens is 3. The zero-order chi connectivity index (χ0) is 13.0. The lowest BCUT2D eigenvalue weighted by molar-refractivity contribution is -0.203. The number of hydrogen-bond acceptors (Lipinski definition) is 3. The predicted molar refractivity (Wildman–Crippen MR) is 47.7 cm³/mol. The lowest BCUT2D eigenvalue weighted by Crippen LogP contribution is -2.63. The van der Waals surface area contributed by atoms with Gasteiger partial charge in [-0.05, 0) is 6.92 Å². The van der Waals surface area contributed by atoms with Crippen LogP contribution in [0.1, 0.15) is 6.92 Å². The van der Waals surface area contributed by atoms with Crippen LogP contribution in [0.4, 0.5) is 18.0 Å². The average Bonchev–Trinajstić information content (AvgIpc) is 2.12. The van der Waals surface area contributed by atoms with Gasteiger partial charge in [-0.25, -0.2) is 9.59 Å². The van der Waals surface area contributed by atoms with E-state index in [0.717, 1.165) is 0 Å². The molecule has 0 aromatic heterocycles. The molecule has 5 N–H and O–H groups in total. The summed E-state index contributed by atoms with van der Waals surface area (Å²) in [5, 5.41) is 11.8. The summed E-state index contributed by atoms with van der Waals surface area (Å²) < 4.78 is 37.2. The molecule has 0 radical (unpaired) electrons. The Labute approximate surface area is 89.0 Å². The maximum absolute atomic E-state index is 12.4. The molecule has 0 fully saturated rings. The summed E-state index contributed by atoms with van der Waals surface area (Å²) in [5.74, 6) is -2.19. The zero-order valence-electron chi connectivity index (χ0n) is 8.39. The number of carboxylic acids is 1. The van der Waals surface area contributed by atoms with Crippen LogP contribution in [0.15, 0.2) is 0 Å². The van der Waals surface area contributed by atoms with Crippen molar-refractivity contribution in [3.05, 3.63) is 0 Å². The quantitative estimate of drug-likeness (QED) is 0.541. The predicted octanol–water partition coefficient (Wildman–Crippen LogP) is -0.350. The average molecular weight is 243 g/mol. The van der Waals surface area contributed by atoms with Crippen molar-refractivity contribution in [3.63, 3.8) is 0 Å². The minimum absolute atomic E-state index is 0.0310. The van der Waals surface area contributed by atoms with Crippen LogP contribution in [0.5, 0.6) is 0 Å². The van der Waals surface area contributed by atoms with Crippen LogP contribution in [0.2, 0.25) is 0 Å². The van der Waals surface area contributed by atoms with E-state index in [2.05, 4.69) is 0 Å². The van der Waals surface area contributed by atoms with Crippen LogP contribution in [0.25, 0.3) is 0 Å². The van der Waals surface area contributed by atoms with Crippen molar-refractivity contribution >= 4 is 12.0 Å². The van der Waals surface area contributed by atoms with Crippen LogP contribution in [0.3, 0.4) is 0 Å². The molecule has 0 rings (SSSR count). The van der Waals surface area contributed by atoms with Crippen molar-refractivity contribution in [2.24, 2.45) is 5.73 Å². The lowest BCUT2D eigenvalue weighted by atomic mass is 10.0. The van der Waals surface area contributed by atoms with E-state index in [4.69, 9.17) is 10.8 Å². The normalized spacial score (nSPS) is 15.1. The van der Waals surface area contributed by atoms with Gasteiger partial charge in [-0.2, -0.15) is 13.2 Å². The number of nitrogens with two attached hydrogens (primary N) is 1. The minimum atomic E-state index is -5.10. The van der Waals surface area contributed by atoms with Crippen molar-refractivity contribution in [1.82, 2.24) is 10.6 Å². The second kappa shape index (κ2) is 5.01. The third-order valence-corrected chi connectivity index (χ3v) is 1.79. The molecule has 0 heterocycles. The first-order valence-electron chi connectivity index (χ1n) is 4.21. The summed E-state index contributed by atoms with van der Waals surface area (Å²) in [6.45, 7) is 0.333. The molecule has 2 amide bonds. The number of amides is 2. The van der Waals surface area contributed by atoms with Gasteiger partial charge in [-0.1, -0.05) is 0 Å². The number of rotatable bonds is 4. The molecule has 94 valence electrons. The third kappa shape index (κ3) is 3.26. The molecule has 1 atom stereocenters. The smallest absolute Gasteiger partial charge is 0.422 e. The Morgan fingerprint density at radius 1 is 1.38 bits per heavy atom. The molecule has 1 unspecified atom stereocenters. The fraction of sp³-hybridized carbons (Fsp3) is 0.714. The molecule has 0 aliphatic heterocycles. The highest BCUT2D eigenvalue weighted by atomic mass is 19.4. The Bertz CT molecular complexity index is 282. The van der Waals surface area contributed by atoms with Gasteiger partial charge in [0, 0.05) is 13.1 Å². The second-order valence-electron chi connectivity index (χ2n) is 3.10. The highest BCUT2D eigenvalue weighted by molar-refractivity contribution is 5.86. The number of alkyl halides is 3. The van der Waals surface area contributed by atoms with Crippen molar-refractivity contribution < 1.29 is 27.9 Å². The molecule has 0 aliphatic rings. The summed E-state index contributed by atoms with van der Waals surface area (Å²) >= 11 is 0. The van der Waals surface area contributed by atoms with Gasteiger partial charge in [-0.15, -0.1) is 0 Å². The SMILES string of the molecule is CC(NC(=O)NCCN)(C(=O)O)C(F)(F)F. The molecule has 0 bridgehead atoms. The fourth-order valence-corrected chi connectivity index (χ4v) is 0.703. The fourth-order valence-electron chi connectivity index (χ4n) is 0.703. The zero-order valence-corrected chi connectivity index (χ0v) is 8.39. The number of carbonyl (C=O) groups excluding carboxylic acids is 1. The van der Waals surface area contributed by atoms with E-state index < -0.39 is 23.7 Å². The Kier molecular flexibility index (Phi) is 4.54. The molecule has 0 aromatic rings. The van der Waals surface area contributed by atoms with E-state index in [1.807, 2.05) is 5.32 Å². The summed E-state index contributed by atoms with van der Waals surface area (Å²) in [6, 6.07) is -1.24. The lowest BCUT2D eigenvalue weighted by Gasteiger charge is -2.28. The first-order valence-corrected chi connectivity index (χ1v) is 4.21. The Hall–Kier alpha value is -1.51. The number of carbonyl (C=O) groups is 2. The molecular weight excluding hydrogens is 231 g/mol. The standard InChI is InChI=1S/C7H12F3N3O3/c1-6(4(14)15,7(8,9)10)13-5(16)12-3-2-11/h2-3,11H2,1H3,(H,14,15)(H2,12,13,16). The van der Waals surface area contributed by atoms with E-state index in [9.17, 15) is 22.8 Å². The van der Waals surface area contributed by atoms with E-state index >= 15 is 0 Å². The third-order valence-electron chi connectivity index (χ3n) is 1.79. The summed E-state index contributed by atoms with van der Waals surface area (Å²) in [6.07, 6.45) is -5.10. The Morgan fingerprint density at radius 3 is 2.19 bits per heavy atom. The number of urea groups is 1. The molecular formula is C7H12F3N3O3. The van der Waals surface area contributed by atoms with E-state index in [0.29, 0.717) is 6.92 Å². The molecule has 9 heteroatoms. The van der Waals surface area contributed by atoms with Gasteiger partial charge in [0.15, 0.2) is 0 Å². The largest absolute Gasteiger partial charge is 0.479 e. The van der Waals surface area contributed by atoms with Gasteiger partial charge in [0.05, 0.1) is 0 Å². The molecule has 0 aromatic carbocycles. The van der Waals surface area contributed by atoms with Crippen molar-refractivity contribution in [2.45, 2.75) is 18.6 Å². The van der Waals surface area contributed by atoms with Gasteiger partial charge < -0.3 is 21.5 Å². The number of carboxylic acid groups (broad SMARTS) is 1. The topological polar surface area (TPSA) is 104 Å². The van der Waals surface area contributed by atoms with Gasteiger partial charge >= 0.3 is 18.2 Å². The molecule has 0 saturated heterocycles. The molecule has 0 saturated carbocycles. The monoisotopic (exact) mass is 243 g/mol. The van der Waals surface area contributed by atoms with Crippen molar-refractivity contribution in [1.29, 1.82) is 0 Å². The van der Waals surface area contributed by atoms with Crippen LogP contribution >= 0.6 is 0 Å². The Morgan fingerprint density at radius 2 is 1.88 bits per heavy atom. The number of hydrogen-bond donors (Lipinski definition) is 4. The molecule has 0 aliphatic carbocycles. The van der Waals surface area contributed by atoms with Gasteiger partial charge in [0.2, 0.25) is 5.54 Å². The van der Waals surface area contributed by atoms with Crippen LogP contribution < -0.4 is 16.4 Å². The Balaban J connectivity index is 4.71. The maximum Gasteiger partial charge on any atom is 0.422 e. The molecule has 6 nitrogen and oxygen atoms in total. The van der Waals surface area contributed by atoms with Crippen molar-refractivity contribution in [2.75, 3.05) is 13.1 Å². The van der Waals surface area contributed by atoms with Gasteiger partial charge in [-0.3, -0.25) is 0 Å². The van der Waals surface area contributed by atoms with Gasteiger partial charge in [0.1, 0.15) is 0 Å². The first-order chi connectivity index (χ1) is 7.15. The van der Waals surface area contributed by atoms with Crippen LogP contribution in [-0.2, 0) is 4.79 Å². The first kappa shape index (κ1) is 14.5. The summed E-state index contributed by atoms with van der Waals surface area (Å²) in [4.78, 5) is 21.4. The number of aliphatic carboxylic acids is 1. The highest BCUT2D eigenvalue weighted by Gasteiger charge is 2.58. The second-order valence-corrected chi connectivity index (χ2v) is 3.10. The van der Waals surface area contributed by atoms with Crippen LogP contribution in [-0.4, -0.2) is 41.9 Å².